The minimum absolute atomic E-state index is 0.117. The molecule has 10 heteroatoms. The molecule has 0 saturated carbocycles. The summed E-state index contributed by atoms with van der Waals surface area (Å²) >= 11 is 6.70. The lowest BCUT2D eigenvalue weighted by molar-refractivity contribution is 0.0992. The van der Waals surface area contributed by atoms with E-state index in [2.05, 4.69) is 4.99 Å². The first-order chi connectivity index (χ1) is 19.7. The van der Waals surface area contributed by atoms with Crippen LogP contribution in [0.15, 0.2) is 70.6 Å². The molecule has 1 amide bonds. The van der Waals surface area contributed by atoms with E-state index in [1.807, 2.05) is 44.2 Å². The van der Waals surface area contributed by atoms with Crippen LogP contribution in [0.5, 0.6) is 5.75 Å². The number of halogens is 1. The van der Waals surface area contributed by atoms with Crippen molar-refractivity contribution in [2.24, 2.45) is 17.8 Å². The van der Waals surface area contributed by atoms with Crippen molar-refractivity contribution >= 4 is 34.6 Å². The standard InChI is InChI=1S/C31H29ClN6O3/c1-18-13-22(26-10-11-27(30(33)39)37(26)4)21-8-5-9-28(29(21)36-18)41-17-23-24(32)14-19(2)35-25(23)16-38-12-6-7-20(15-34-3)31(38)40/h5-15H,16-17H2,1-4H3,(H2,33,39). The molecule has 2 N–H and O–H groups in total. The van der Waals surface area contributed by atoms with Crippen LogP contribution in [0, 0.1) is 13.8 Å². The summed E-state index contributed by atoms with van der Waals surface area (Å²) in [6, 6.07) is 16.6. The van der Waals surface area contributed by atoms with Gasteiger partial charge in [-0.2, -0.15) is 0 Å². The second-order valence-corrected chi connectivity index (χ2v) is 10.1. The Morgan fingerprint density at radius 3 is 2.61 bits per heavy atom. The van der Waals surface area contributed by atoms with Crippen molar-refractivity contribution in [1.29, 1.82) is 0 Å². The number of hydrogen-bond donors (Lipinski definition) is 1. The molecule has 0 bridgehead atoms. The maximum atomic E-state index is 13.0. The molecule has 0 aliphatic carbocycles. The number of carbonyl (C=O) groups excluding carboxylic acids is 1. The molecule has 0 radical (unpaired) electrons. The summed E-state index contributed by atoms with van der Waals surface area (Å²) in [4.78, 5) is 38.3. The van der Waals surface area contributed by atoms with Gasteiger partial charge in [0.15, 0.2) is 0 Å². The summed E-state index contributed by atoms with van der Waals surface area (Å²) in [5.74, 6) is 0.0717. The molecule has 0 aliphatic heterocycles. The molecule has 5 rings (SSSR count). The predicted octanol–water partition coefficient (Wildman–Crippen LogP) is 4.84. The van der Waals surface area contributed by atoms with Crippen molar-refractivity contribution in [1.82, 2.24) is 19.1 Å². The third kappa shape index (κ3) is 5.49. The Kier molecular flexibility index (Phi) is 7.72. The van der Waals surface area contributed by atoms with Crippen molar-refractivity contribution in [3.63, 3.8) is 0 Å². The van der Waals surface area contributed by atoms with Gasteiger partial charge in [0.1, 0.15) is 23.6 Å². The van der Waals surface area contributed by atoms with Crippen LogP contribution in [-0.2, 0) is 20.2 Å². The molecule has 0 aliphatic rings. The minimum Gasteiger partial charge on any atom is -0.486 e. The normalized spacial score (nSPS) is 11.4. The lowest BCUT2D eigenvalue weighted by Crippen LogP contribution is -2.24. The number of primary amides is 1. The van der Waals surface area contributed by atoms with Crippen molar-refractivity contribution in [3.05, 3.63) is 110 Å². The molecule has 41 heavy (non-hydrogen) atoms. The number of para-hydroxylation sites is 1. The van der Waals surface area contributed by atoms with Gasteiger partial charge in [-0.05, 0) is 56.3 Å². The second kappa shape index (κ2) is 11.4. The van der Waals surface area contributed by atoms with Crippen molar-refractivity contribution in [2.75, 3.05) is 7.05 Å². The Morgan fingerprint density at radius 2 is 1.88 bits per heavy atom. The fraction of sp³-hybridized carbons (Fsp3) is 0.194. The zero-order valence-corrected chi connectivity index (χ0v) is 23.9. The minimum atomic E-state index is -0.496. The number of aliphatic imine (C=N–C) groups is 1. The number of nitrogens with two attached hydrogens (primary N) is 1. The summed E-state index contributed by atoms with van der Waals surface area (Å²) in [5.41, 5.74) is 11.5. The average Bonchev–Trinajstić information content (AvgIpc) is 3.31. The smallest absolute Gasteiger partial charge is 0.265 e. The van der Waals surface area contributed by atoms with Gasteiger partial charge in [0, 0.05) is 60.1 Å². The van der Waals surface area contributed by atoms with Gasteiger partial charge < -0.3 is 19.6 Å². The first kappa shape index (κ1) is 27.8. The number of hydrogen-bond acceptors (Lipinski definition) is 6. The van der Waals surface area contributed by atoms with E-state index in [1.54, 1.807) is 53.7 Å². The largest absolute Gasteiger partial charge is 0.486 e. The van der Waals surface area contributed by atoms with Crippen LogP contribution in [0.2, 0.25) is 5.02 Å². The van der Waals surface area contributed by atoms with Gasteiger partial charge in [0.05, 0.1) is 22.8 Å². The van der Waals surface area contributed by atoms with E-state index in [-0.39, 0.29) is 18.7 Å². The highest BCUT2D eigenvalue weighted by molar-refractivity contribution is 6.31. The van der Waals surface area contributed by atoms with E-state index >= 15 is 0 Å². The summed E-state index contributed by atoms with van der Waals surface area (Å²) < 4.78 is 9.69. The Balaban J connectivity index is 1.53. The monoisotopic (exact) mass is 568 g/mol. The van der Waals surface area contributed by atoms with Crippen LogP contribution >= 0.6 is 11.6 Å². The molecule has 4 aromatic heterocycles. The van der Waals surface area contributed by atoms with E-state index in [1.165, 1.54) is 6.21 Å². The molecule has 0 unspecified atom stereocenters. The molecule has 0 fully saturated rings. The lowest BCUT2D eigenvalue weighted by Gasteiger charge is -2.16. The molecule has 0 saturated heterocycles. The number of fused-ring (bicyclic) bond motifs is 1. The number of nitrogens with zero attached hydrogens (tertiary/aromatic N) is 5. The van der Waals surface area contributed by atoms with E-state index < -0.39 is 5.91 Å². The molecule has 5 aromatic rings. The van der Waals surface area contributed by atoms with Crippen molar-refractivity contribution in [3.8, 4) is 17.0 Å². The number of benzene rings is 1. The number of ether oxygens (including phenoxy) is 1. The SMILES string of the molecule is CN=Cc1cccn(Cc2nc(C)cc(Cl)c2COc2cccc3c(-c4ccc(C(N)=O)n4C)cc(C)nc23)c1=O. The summed E-state index contributed by atoms with van der Waals surface area (Å²) in [6.45, 7) is 4.10. The predicted molar refractivity (Wildman–Crippen MR) is 161 cm³/mol. The number of amides is 1. The van der Waals surface area contributed by atoms with E-state index in [4.69, 9.17) is 32.0 Å². The van der Waals surface area contributed by atoms with Gasteiger partial charge in [-0.15, -0.1) is 0 Å². The summed E-state index contributed by atoms with van der Waals surface area (Å²) in [5, 5.41) is 1.36. The Morgan fingerprint density at radius 1 is 1.10 bits per heavy atom. The van der Waals surface area contributed by atoms with Crippen molar-refractivity contribution < 1.29 is 9.53 Å². The molecule has 208 valence electrons. The van der Waals surface area contributed by atoms with Gasteiger partial charge >= 0.3 is 0 Å². The first-order valence-electron chi connectivity index (χ1n) is 12.9. The Bertz CT molecular complexity index is 1890. The van der Waals surface area contributed by atoms with Crippen molar-refractivity contribution in [2.45, 2.75) is 27.0 Å². The van der Waals surface area contributed by atoms with Gasteiger partial charge in [-0.25, -0.2) is 4.98 Å². The van der Waals surface area contributed by atoms with E-state index in [0.29, 0.717) is 38.8 Å². The molecule has 1 aromatic carbocycles. The highest BCUT2D eigenvalue weighted by Gasteiger charge is 2.18. The zero-order chi connectivity index (χ0) is 29.3. The summed E-state index contributed by atoms with van der Waals surface area (Å²) in [7, 11) is 3.43. The van der Waals surface area contributed by atoms with Crippen LogP contribution in [0.4, 0.5) is 0 Å². The third-order valence-corrected chi connectivity index (χ3v) is 7.21. The Hall–Kier alpha value is -4.76. The highest BCUT2D eigenvalue weighted by atomic mass is 35.5. The number of aryl methyl sites for hydroxylation is 2. The van der Waals surface area contributed by atoms with E-state index in [0.717, 1.165) is 28.0 Å². The quantitative estimate of drug-likeness (QED) is 0.269. The molecule has 0 atom stereocenters. The maximum absolute atomic E-state index is 13.0. The second-order valence-electron chi connectivity index (χ2n) is 9.73. The molecule has 0 spiro atoms. The fourth-order valence-corrected chi connectivity index (χ4v) is 5.26. The number of aromatic nitrogens is 4. The van der Waals surface area contributed by atoms with Gasteiger partial charge in [0.25, 0.3) is 11.5 Å². The third-order valence-electron chi connectivity index (χ3n) is 6.87. The molecule has 9 nitrogen and oxygen atoms in total. The number of carbonyl (C=O) groups is 1. The molecular weight excluding hydrogens is 540 g/mol. The average molecular weight is 569 g/mol. The van der Waals surface area contributed by atoms with Crippen LogP contribution in [-0.4, -0.2) is 38.3 Å². The van der Waals surface area contributed by atoms with Crippen LogP contribution in [0.1, 0.15) is 38.7 Å². The van der Waals surface area contributed by atoms with Gasteiger partial charge in [-0.3, -0.25) is 19.6 Å². The summed E-state index contributed by atoms with van der Waals surface area (Å²) in [6.07, 6.45) is 3.25. The zero-order valence-electron chi connectivity index (χ0n) is 23.2. The Labute approximate surface area is 241 Å². The number of pyridine rings is 3. The molecule has 4 heterocycles. The highest BCUT2D eigenvalue weighted by Crippen LogP contribution is 2.34. The number of rotatable bonds is 8. The fourth-order valence-electron chi connectivity index (χ4n) is 4.94. The van der Waals surface area contributed by atoms with Crippen LogP contribution in [0.3, 0.4) is 0 Å². The van der Waals surface area contributed by atoms with Gasteiger partial charge in [0.2, 0.25) is 0 Å². The maximum Gasteiger partial charge on any atom is 0.265 e. The lowest BCUT2D eigenvalue weighted by atomic mass is 10.0. The van der Waals surface area contributed by atoms with Crippen LogP contribution in [0.25, 0.3) is 22.2 Å². The van der Waals surface area contributed by atoms with E-state index in [9.17, 15) is 9.59 Å². The van der Waals surface area contributed by atoms with Gasteiger partial charge in [-0.1, -0.05) is 23.7 Å². The molecular formula is C31H29ClN6O3. The first-order valence-corrected chi connectivity index (χ1v) is 13.3. The topological polar surface area (TPSA) is 117 Å². The van der Waals surface area contributed by atoms with Crippen LogP contribution < -0.4 is 16.0 Å².